The van der Waals surface area contributed by atoms with Crippen molar-refractivity contribution in [3.05, 3.63) is 77.4 Å². The molecule has 0 bridgehead atoms. The number of nitrogen functional groups attached to an aromatic ring is 1. The normalized spacial score (nSPS) is 18.3. The molecule has 1 aromatic heterocycles. The van der Waals surface area contributed by atoms with Crippen molar-refractivity contribution in [3.8, 4) is 11.3 Å². The van der Waals surface area contributed by atoms with Crippen molar-refractivity contribution in [3.63, 3.8) is 0 Å². The van der Waals surface area contributed by atoms with E-state index in [9.17, 15) is 4.79 Å². The van der Waals surface area contributed by atoms with Crippen molar-refractivity contribution in [2.24, 2.45) is 0 Å². The first-order chi connectivity index (χ1) is 17.9. The molecule has 38 heavy (non-hydrogen) atoms. The zero-order valence-corrected chi connectivity index (χ0v) is 24.1. The average Bonchev–Trinajstić information content (AvgIpc) is 2.87. The summed E-state index contributed by atoms with van der Waals surface area (Å²) >= 11 is 0. The van der Waals surface area contributed by atoms with Crippen LogP contribution in [-0.2, 0) is 11.0 Å². The van der Waals surface area contributed by atoms with Crippen LogP contribution in [0.5, 0.6) is 0 Å². The van der Waals surface area contributed by atoms with Crippen molar-refractivity contribution in [1.82, 2.24) is 15.3 Å². The molecular formula is C30H39FN4O2Si. The van der Waals surface area contributed by atoms with Gasteiger partial charge in [0, 0.05) is 24.1 Å². The lowest BCUT2D eigenvalue weighted by atomic mass is 9.85. The van der Waals surface area contributed by atoms with Crippen molar-refractivity contribution in [2.75, 3.05) is 5.73 Å². The first-order valence-electron chi connectivity index (χ1n) is 13.4. The fraction of sp³-hybridized carbons (Fsp3) is 0.433. The Morgan fingerprint density at radius 2 is 1.89 bits per heavy atom. The average molecular weight is 535 g/mol. The van der Waals surface area contributed by atoms with Crippen LogP contribution >= 0.6 is 0 Å². The zero-order chi connectivity index (χ0) is 27.5. The number of carbonyl (C=O) groups excluding carboxylic acids is 1. The smallest absolute Gasteiger partial charge is 0.254 e. The highest BCUT2D eigenvalue weighted by Crippen LogP contribution is 2.41. The summed E-state index contributed by atoms with van der Waals surface area (Å²) in [6.07, 6.45) is 5.94. The minimum Gasteiger partial charge on any atom is -0.414 e. The van der Waals surface area contributed by atoms with Gasteiger partial charge in [0.05, 0.1) is 17.5 Å². The predicted molar refractivity (Wildman–Crippen MR) is 153 cm³/mol. The van der Waals surface area contributed by atoms with E-state index in [1.54, 1.807) is 12.3 Å². The number of rotatable bonds is 7. The van der Waals surface area contributed by atoms with E-state index < -0.39 is 20.0 Å². The van der Waals surface area contributed by atoms with Gasteiger partial charge < -0.3 is 15.5 Å². The van der Waals surface area contributed by atoms with E-state index in [-0.39, 0.29) is 28.4 Å². The molecule has 1 aliphatic rings. The molecular weight excluding hydrogens is 495 g/mol. The second-order valence-corrected chi connectivity index (χ2v) is 16.5. The van der Waals surface area contributed by atoms with Crippen LogP contribution in [-0.4, -0.2) is 30.3 Å². The molecule has 1 fully saturated rings. The number of nitrogens with two attached hydrogens (primary N) is 1. The summed E-state index contributed by atoms with van der Waals surface area (Å²) in [4.78, 5) is 21.8. The van der Waals surface area contributed by atoms with E-state index >= 15 is 4.39 Å². The van der Waals surface area contributed by atoms with Crippen LogP contribution < -0.4 is 11.1 Å². The molecule has 8 heteroatoms. The number of anilines is 1. The van der Waals surface area contributed by atoms with Gasteiger partial charge in [-0.2, -0.15) is 0 Å². The minimum atomic E-state index is -1.87. The largest absolute Gasteiger partial charge is 0.414 e. The Hall–Kier alpha value is -3.10. The lowest BCUT2D eigenvalue weighted by Gasteiger charge is -2.41. The topological polar surface area (TPSA) is 90.1 Å². The standard InChI is InChI=1S/C30H39FN4O2Si/c1-30(2,3)38(4,5)37-23-13-9-12-21(16-23)26-19-33-28(32)27(35-26)22-14-15-24(25(31)17-22)29(36)34-18-20-10-7-6-8-11-20/h6-8,10-11,14-15,17,19,21,23H,9,12-13,16,18H2,1-5H3,(H2,32,33)(H,34,36)/t21-,23?/m0/s1. The highest BCUT2D eigenvalue weighted by Gasteiger charge is 2.40. The molecule has 2 aromatic carbocycles. The number of aromatic nitrogens is 2. The molecule has 6 nitrogen and oxygen atoms in total. The molecule has 1 amide bonds. The molecule has 0 saturated heterocycles. The van der Waals surface area contributed by atoms with Gasteiger partial charge in [0.1, 0.15) is 17.3 Å². The second kappa shape index (κ2) is 11.3. The lowest BCUT2D eigenvalue weighted by Crippen LogP contribution is -2.44. The van der Waals surface area contributed by atoms with Crippen LogP contribution in [0.25, 0.3) is 11.3 Å². The molecule has 1 unspecified atom stereocenters. The van der Waals surface area contributed by atoms with Crippen molar-refractivity contribution in [1.29, 1.82) is 0 Å². The third-order valence-electron chi connectivity index (χ3n) is 7.91. The third-order valence-corrected chi connectivity index (χ3v) is 12.4. The molecule has 1 aliphatic carbocycles. The van der Waals surface area contributed by atoms with E-state index in [1.807, 2.05) is 30.3 Å². The van der Waals surface area contributed by atoms with Gasteiger partial charge in [-0.1, -0.05) is 63.6 Å². The Kier molecular flexibility index (Phi) is 8.33. The van der Waals surface area contributed by atoms with Crippen LogP contribution in [0.1, 0.15) is 74.0 Å². The van der Waals surface area contributed by atoms with Crippen LogP contribution in [0.3, 0.4) is 0 Å². The Labute approximate surface area is 226 Å². The summed E-state index contributed by atoms with van der Waals surface area (Å²) < 4.78 is 21.8. The van der Waals surface area contributed by atoms with Crippen LogP contribution in [0.4, 0.5) is 10.2 Å². The van der Waals surface area contributed by atoms with Crippen LogP contribution in [0.15, 0.2) is 54.7 Å². The van der Waals surface area contributed by atoms with Gasteiger partial charge in [-0.05, 0) is 55.1 Å². The molecule has 3 N–H and O–H groups in total. The van der Waals surface area contributed by atoms with Crippen LogP contribution in [0, 0.1) is 5.82 Å². The van der Waals surface area contributed by atoms with Gasteiger partial charge in [0.25, 0.3) is 5.91 Å². The number of carbonyl (C=O) groups is 1. The monoisotopic (exact) mass is 534 g/mol. The molecule has 2 atom stereocenters. The fourth-order valence-electron chi connectivity index (χ4n) is 4.66. The van der Waals surface area contributed by atoms with E-state index in [4.69, 9.17) is 15.1 Å². The number of hydrogen-bond acceptors (Lipinski definition) is 5. The highest BCUT2D eigenvalue weighted by molar-refractivity contribution is 6.74. The Morgan fingerprint density at radius 3 is 2.58 bits per heavy atom. The van der Waals surface area contributed by atoms with Crippen LogP contribution in [0.2, 0.25) is 18.1 Å². The Morgan fingerprint density at radius 1 is 1.16 bits per heavy atom. The zero-order valence-electron chi connectivity index (χ0n) is 23.1. The van der Waals surface area contributed by atoms with Gasteiger partial charge in [-0.25, -0.2) is 14.4 Å². The predicted octanol–water partition coefficient (Wildman–Crippen LogP) is 6.84. The number of nitrogens with one attached hydrogen (secondary N) is 1. The summed E-state index contributed by atoms with van der Waals surface area (Å²) in [5.41, 5.74) is 8.88. The molecule has 0 radical (unpaired) electrons. The van der Waals surface area contributed by atoms with E-state index in [2.05, 4.69) is 44.2 Å². The number of halogens is 1. The van der Waals surface area contributed by atoms with E-state index in [0.29, 0.717) is 17.8 Å². The summed E-state index contributed by atoms with van der Waals surface area (Å²) in [5.74, 6) is -0.654. The summed E-state index contributed by atoms with van der Waals surface area (Å²) in [6.45, 7) is 11.7. The molecule has 0 aliphatic heterocycles. The molecule has 0 spiro atoms. The molecule has 3 aromatic rings. The van der Waals surface area contributed by atoms with Gasteiger partial charge >= 0.3 is 0 Å². The summed E-state index contributed by atoms with van der Waals surface area (Å²) in [7, 11) is -1.87. The SMILES string of the molecule is CC(C)(C)[Si](C)(C)OC1CCC[C@H](c2cnc(N)c(-c3ccc(C(=O)NCc4ccccc4)c(F)c3)n2)C1. The number of benzene rings is 2. The summed E-state index contributed by atoms with van der Waals surface area (Å²) in [6, 6.07) is 14.0. The number of nitrogens with zero attached hydrogens (tertiary/aromatic N) is 2. The Bertz CT molecular complexity index is 1280. The lowest BCUT2D eigenvalue weighted by molar-refractivity contribution is 0.0947. The van der Waals surface area contributed by atoms with Crippen molar-refractivity contribution in [2.45, 2.75) is 83.2 Å². The molecule has 202 valence electrons. The maximum Gasteiger partial charge on any atom is 0.254 e. The summed E-state index contributed by atoms with van der Waals surface area (Å²) in [5, 5.41) is 2.92. The first-order valence-corrected chi connectivity index (χ1v) is 16.3. The van der Waals surface area contributed by atoms with Gasteiger partial charge in [-0.3, -0.25) is 4.79 Å². The molecule has 1 saturated carbocycles. The van der Waals surface area contributed by atoms with Crippen molar-refractivity contribution >= 4 is 20.0 Å². The molecule has 1 heterocycles. The van der Waals surface area contributed by atoms with Gasteiger partial charge in [-0.15, -0.1) is 0 Å². The van der Waals surface area contributed by atoms with E-state index in [1.165, 1.54) is 12.1 Å². The number of hydrogen-bond donors (Lipinski definition) is 2. The van der Waals surface area contributed by atoms with E-state index in [0.717, 1.165) is 36.9 Å². The first kappa shape index (κ1) is 27.9. The quantitative estimate of drug-likeness (QED) is 0.324. The maximum absolute atomic E-state index is 15.0. The number of amides is 1. The molecule has 4 rings (SSSR count). The second-order valence-electron chi connectivity index (χ2n) is 11.8. The third kappa shape index (κ3) is 6.47. The van der Waals surface area contributed by atoms with Gasteiger partial charge in [0.2, 0.25) is 0 Å². The maximum atomic E-state index is 15.0. The fourth-order valence-corrected chi connectivity index (χ4v) is 6.06. The van der Waals surface area contributed by atoms with Crippen molar-refractivity contribution < 1.29 is 13.6 Å². The Balaban J connectivity index is 1.49. The minimum absolute atomic E-state index is 0.0229. The van der Waals surface area contributed by atoms with Gasteiger partial charge in [0.15, 0.2) is 8.32 Å². The highest BCUT2D eigenvalue weighted by atomic mass is 28.4.